The normalized spacial score (nSPS) is 12.5. The van der Waals surface area contributed by atoms with Crippen LogP contribution < -0.4 is 43.0 Å². The smallest absolute Gasteiger partial charge is 0.326 e. The summed E-state index contributed by atoms with van der Waals surface area (Å²) in [4.78, 5) is 135. The van der Waals surface area contributed by atoms with Crippen molar-refractivity contribution < 1.29 is 87.4 Å². The van der Waals surface area contributed by atoms with Gasteiger partial charge in [0.05, 0.1) is 52.4 Å². The summed E-state index contributed by atoms with van der Waals surface area (Å²) in [6, 6.07) is -6.87. The minimum Gasteiger partial charge on any atom is -0.481 e. The molecule has 0 radical (unpaired) electrons. The first-order valence-corrected chi connectivity index (χ1v) is 24.2. The van der Waals surface area contributed by atoms with Gasteiger partial charge in [0, 0.05) is 38.9 Å². The molecule has 0 saturated carbocycles. The molecule has 13 N–H and O–H groups in total. The number of nitrogens with one attached hydrogen (secondary N) is 7. The Hall–Kier alpha value is -5.99. The highest BCUT2D eigenvalue weighted by atomic mass is 16.5. The van der Waals surface area contributed by atoms with Crippen LogP contribution in [0, 0.1) is 0 Å². The van der Waals surface area contributed by atoms with E-state index in [1.807, 2.05) is 0 Å². The predicted molar refractivity (Wildman–Crippen MR) is 252 cm³/mol. The zero-order valence-electron chi connectivity index (χ0n) is 40.9. The SMILES string of the molecule is CCCCCCCCCCCCCCNC(=O)CCC(NC(=O)C(CC(=O)O)NC(=O)CCNC(=O)CCC(NC(=O)C(CC(=O)O)NC(=O)CNC(=O)COCCOCCOCCN)C(=O)O)C(=O)O. The molecular weight excluding hydrogens is 941 g/mol. The van der Waals surface area contributed by atoms with E-state index in [1.54, 1.807) is 0 Å². The lowest BCUT2D eigenvalue weighted by Gasteiger charge is -2.21. The summed E-state index contributed by atoms with van der Waals surface area (Å²) in [6.07, 6.45) is 9.78. The van der Waals surface area contributed by atoms with Crippen molar-refractivity contribution in [3.05, 3.63) is 0 Å². The van der Waals surface area contributed by atoms with Crippen molar-refractivity contribution in [1.29, 1.82) is 0 Å². The zero-order chi connectivity index (χ0) is 53.2. The molecule has 0 saturated heterocycles. The van der Waals surface area contributed by atoms with E-state index in [1.165, 1.54) is 51.4 Å². The number of hydrogen-bond acceptors (Lipinski definition) is 15. The molecular formula is C45H78N8O18. The molecule has 0 heterocycles. The number of carboxylic acids is 4. The number of carboxylic acid groups (broad SMARTS) is 4. The fourth-order valence-electron chi connectivity index (χ4n) is 6.49. The van der Waals surface area contributed by atoms with Gasteiger partial charge in [-0.3, -0.25) is 43.2 Å². The van der Waals surface area contributed by atoms with Crippen LogP contribution in [0.5, 0.6) is 0 Å². The van der Waals surface area contributed by atoms with Gasteiger partial charge in [0.1, 0.15) is 30.8 Å². The summed E-state index contributed by atoms with van der Waals surface area (Å²) < 4.78 is 15.5. The van der Waals surface area contributed by atoms with Gasteiger partial charge in [-0.15, -0.1) is 0 Å². The van der Waals surface area contributed by atoms with Crippen LogP contribution in [-0.4, -0.2) is 176 Å². The summed E-state index contributed by atoms with van der Waals surface area (Å²) in [7, 11) is 0. The fraction of sp³-hybridized carbons (Fsp3) is 0.756. The van der Waals surface area contributed by atoms with E-state index in [2.05, 4.69) is 44.1 Å². The van der Waals surface area contributed by atoms with Crippen molar-refractivity contribution in [2.75, 3.05) is 65.8 Å². The fourth-order valence-corrected chi connectivity index (χ4v) is 6.49. The predicted octanol–water partition coefficient (Wildman–Crippen LogP) is -0.947. The molecule has 0 bridgehead atoms. The molecule has 0 rings (SSSR count). The first-order chi connectivity index (χ1) is 33.9. The third-order valence-electron chi connectivity index (χ3n) is 10.3. The van der Waals surface area contributed by atoms with Crippen LogP contribution in [0.15, 0.2) is 0 Å². The largest absolute Gasteiger partial charge is 0.481 e. The summed E-state index contributed by atoms with van der Waals surface area (Å²) in [5.41, 5.74) is 5.30. The first-order valence-electron chi connectivity index (χ1n) is 24.2. The van der Waals surface area contributed by atoms with E-state index in [0.29, 0.717) is 26.3 Å². The number of carbonyl (C=O) groups is 11. The summed E-state index contributed by atoms with van der Waals surface area (Å²) in [5.74, 6) is -12.4. The van der Waals surface area contributed by atoms with E-state index in [-0.39, 0.29) is 32.7 Å². The summed E-state index contributed by atoms with van der Waals surface area (Å²) >= 11 is 0. The topological polar surface area (TPSA) is 407 Å². The highest BCUT2D eigenvalue weighted by Gasteiger charge is 2.30. The molecule has 71 heavy (non-hydrogen) atoms. The van der Waals surface area contributed by atoms with Crippen LogP contribution in [0.25, 0.3) is 0 Å². The quantitative estimate of drug-likeness (QED) is 0.0327. The standard InChI is InChI=1S/C45H78N8O18/c1-2-3-4-5-6-7-8-9-10-11-12-13-20-47-35(54)16-14-31(44(65)66)52-42(63)33(27-40(59)60)50-37(56)18-21-48-36(55)17-15-32(45(67)68)53-43(64)34(28-41(61)62)51-38(57)29-49-39(58)30-71-26-25-70-24-23-69-22-19-46/h31-34H,2-30,46H2,1H3,(H,47,54)(H,48,55)(H,49,58)(H,50,56)(H,51,57)(H,52,63)(H,53,64)(H,59,60)(H,61,62)(H,65,66)(H,67,68). The minimum absolute atomic E-state index is 0.0446. The highest BCUT2D eigenvalue weighted by molar-refractivity contribution is 5.95. The number of unbranched alkanes of at least 4 members (excludes halogenated alkanes) is 11. The van der Waals surface area contributed by atoms with Gasteiger partial charge in [0.15, 0.2) is 0 Å². The Bertz CT molecular complexity index is 1650. The van der Waals surface area contributed by atoms with Gasteiger partial charge in [0.25, 0.3) is 0 Å². The number of hydrogen-bond donors (Lipinski definition) is 12. The molecule has 406 valence electrons. The van der Waals surface area contributed by atoms with E-state index in [0.717, 1.165) is 25.7 Å². The third kappa shape index (κ3) is 37.5. The molecule has 4 atom stereocenters. The van der Waals surface area contributed by atoms with Crippen molar-refractivity contribution in [3.8, 4) is 0 Å². The molecule has 0 aliphatic rings. The number of rotatable bonds is 46. The Morgan fingerprint density at radius 2 is 0.859 bits per heavy atom. The summed E-state index contributed by atoms with van der Waals surface area (Å²) in [5, 5.41) is 53.7. The molecule has 0 spiro atoms. The Morgan fingerprint density at radius 1 is 0.437 bits per heavy atom. The van der Waals surface area contributed by atoms with Gasteiger partial charge in [-0.1, -0.05) is 77.6 Å². The van der Waals surface area contributed by atoms with Crippen molar-refractivity contribution in [2.45, 2.75) is 153 Å². The minimum atomic E-state index is -1.79. The lowest BCUT2D eigenvalue weighted by atomic mass is 10.1. The van der Waals surface area contributed by atoms with Crippen LogP contribution >= 0.6 is 0 Å². The second-order valence-electron chi connectivity index (χ2n) is 16.5. The highest BCUT2D eigenvalue weighted by Crippen LogP contribution is 2.12. The van der Waals surface area contributed by atoms with E-state index >= 15 is 0 Å². The van der Waals surface area contributed by atoms with Crippen LogP contribution in [-0.2, 0) is 67.0 Å². The van der Waals surface area contributed by atoms with Crippen molar-refractivity contribution in [1.82, 2.24) is 37.2 Å². The van der Waals surface area contributed by atoms with Crippen LogP contribution in [0.2, 0.25) is 0 Å². The third-order valence-corrected chi connectivity index (χ3v) is 10.3. The van der Waals surface area contributed by atoms with Gasteiger partial charge in [0.2, 0.25) is 41.4 Å². The molecule has 0 fully saturated rings. The molecule has 0 aromatic rings. The van der Waals surface area contributed by atoms with E-state index in [9.17, 15) is 73.2 Å². The lowest BCUT2D eigenvalue weighted by molar-refractivity contribution is -0.144. The van der Waals surface area contributed by atoms with Crippen molar-refractivity contribution >= 4 is 65.2 Å². The molecule has 0 aromatic heterocycles. The van der Waals surface area contributed by atoms with E-state index < -0.39 is 141 Å². The zero-order valence-corrected chi connectivity index (χ0v) is 40.9. The number of carbonyl (C=O) groups excluding carboxylic acids is 7. The Labute approximate surface area is 413 Å². The second kappa shape index (κ2) is 41.8. The molecule has 0 aromatic carbocycles. The number of aliphatic carboxylic acids is 4. The van der Waals surface area contributed by atoms with Crippen LogP contribution in [0.3, 0.4) is 0 Å². The average molecular weight is 1020 g/mol. The van der Waals surface area contributed by atoms with Gasteiger partial charge in [-0.05, 0) is 19.3 Å². The molecule has 7 amide bonds. The maximum Gasteiger partial charge on any atom is 0.326 e. The van der Waals surface area contributed by atoms with Crippen LogP contribution in [0.1, 0.15) is 129 Å². The summed E-state index contributed by atoms with van der Waals surface area (Å²) in [6.45, 7) is 2.62. The second-order valence-corrected chi connectivity index (χ2v) is 16.5. The van der Waals surface area contributed by atoms with Crippen LogP contribution in [0.4, 0.5) is 0 Å². The number of nitrogens with two attached hydrogens (primary N) is 1. The maximum atomic E-state index is 13.0. The van der Waals surface area contributed by atoms with E-state index in [4.69, 9.17) is 19.9 Å². The Balaban J connectivity index is 4.83. The Kier molecular flexibility index (Phi) is 38.2. The van der Waals surface area contributed by atoms with Gasteiger partial charge < -0.3 is 77.6 Å². The molecule has 26 heteroatoms. The van der Waals surface area contributed by atoms with Crippen molar-refractivity contribution in [2.24, 2.45) is 5.73 Å². The number of amides is 7. The Morgan fingerprint density at radius 3 is 1.31 bits per heavy atom. The van der Waals surface area contributed by atoms with Crippen molar-refractivity contribution in [3.63, 3.8) is 0 Å². The molecule has 0 aliphatic heterocycles. The molecule has 26 nitrogen and oxygen atoms in total. The lowest BCUT2D eigenvalue weighted by Crippen LogP contribution is -2.54. The van der Waals surface area contributed by atoms with Gasteiger partial charge in [-0.2, -0.15) is 0 Å². The molecule has 0 aliphatic carbocycles. The first kappa shape index (κ1) is 65.0. The monoisotopic (exact) mass is 1020 g/mol. The van der Waals surface area contributed by atoms with Gasteiger partial charge >= 0.3 is 23.9 Å². The van der Waals surface area contributed by atoms with Gasteiger partial charge in [-0.25, -0.2) is 9.59 Å². The average Bonchev–Trinajstić information content (AvgIpc) is 3.30. The molecule has 4 unspecified atom stereocenters. The maximum absolute atomic E-state index is 13.0. The number of ether oxygens (including phenoxy) is 3.